The van der Waals surface area contributed by atoms with Crippen molar-refractivity contribution in [3.63, 3.8) is 0 Å². The molecule has 3 rings (SSSR count). The highest BCUT2D eigenvalue weighted by atomic mass is 16.5. The highest BCUT2D eigenvalue weighted by Crippen LogP contribution is 2.48. The first kappa shape index (κ1) is 12.2. The molecule has 98 valence electrons. The number of nitrogens with one attached hydrogen (secondary N) is 1. The summed E-state index contributed by atoms with van der Waals surface area (Å²) in [4.78, 5) is 0. The van der Waals surface area contributed by atoms with Gasteiger partial charge in [0.05, 0.1) is 19.3 Å². The zero-order chi connectivity index (χ0) is 12.4. The molecule has 18 heavy (non-hydrogen) atoms. The Bertz CT molecular complexity index is 409. The van der Waals surface area contributed by atoms with Crippen molar-refractivity contribution in [2.75, 3.05) is 33.4 Å². The lowest BCUT2D eigenvalue weighted by Crippen LogP contribution is -2.33. The van der Waals surface area contributed by atoms with Gasteiger partial charge in [0, 0.05) is 25.6 Å². The summed E-state index contributed by atoms with van der Waals surface area (Å²) in [5.41, 5.74) is 2.99. The van der Waals surface area contributed by atoms with Gasteiger partial charge < -0.3 is 14.8 Å². The third-order valence-electron chi connectivity index (χ3n) is 4.07. The number of rotatable bonds is 4. The van der Waals surface area contributed by atoms with E-state index in [1.54, 1.807) is 7.11 Å². The van der Waals surface area contributed by atoms with E-state index in [0.717, 1.165) is 26.3 Å². The Labute approximate surface area is 108 Å². The van der Waals surface area contributed by atoms with E-state index in [1.807, 2.05) is 0 Å². The zero-order valence-electron chi connectivity index (χ0n) is 10.9. The van der Waals surface area contributed by atoms with Gasteiger partial charge in [-0.15, -0.1) is 0 Å². The van der Waals surface area contributed by atoms with Crippen molar-refractivity contribution in [3.8, 4) is 0 Å². The predicted octanol–water partition coefficient (Wildman–Crippen LogP) is 2.03. The second-order valence-electron chi connectivity index (χ2n) is 5.40. The molecule has 0 spiro atoms. The number of methoxy groups -OCH3 is 1. The van der Waals surface area contributed by atoms with Crippen LogP contribution in [0.25, 0.3) is 0 Å². The van der Waals surface area contributed by atoms with Crippen LogP contribution in [-0.2, 0) is 14.9 Å². The van der Waals surface area contributed by atoms with E-state index < -0.39 is 0 Å². The topological polar surface area (TPSA) is 30.5 Å². The SMILES string of the molecule is COCC1(c2cccc(C3CNCCO3)c2)CC1. The summed E-state index contributed by atoms with van der Waals surface area (Å²) in [6, 6.07) is 8.86. The summed E-state index contributed by atoms with van der Waals surface area (Å²) in [6.07, 6.45) is 2.69. The van der Waals surface area contributed by atoms with Crippen LogP contribution in [0.4, 0.5) is 0 Å². The van der Waals surface area contributed by atoms with Crippen molar-refractivity contribution in [3.05, 3.63) is 35.4 Å². The van der Waals surface area contributed by atoms with Crippen LogP contribution in [0.1, 0.15) is 30.1 Å². The van der Waals surface area contributed by atoms with Crippen molar-refractivity contribution in [1.82, 2.24) is 5.32 Å². The van der Waals surface area contributed by atoms with E-state index >= 15 is 0 Å². The molecule has 3 nitrogen and oxygen atoms in total. The maximum atomic E-state index is 5.82. The molecule has 1 heterocycles. The summed E-state index contributed by atoms with van der Waals surface area (Å²) < 4.78 is 11.2. The largest absolute Gasteiger partial charge is 0.384 e. The highest BCUT2D eigenvalue weighted by Gasteiger charge is 2.44. The third-order valence-corrected chi connectivity index (χ3v) is 4.07. The summed E-state index contributed by atoms with van der Waals surface area (Å²) in [7, 11) is 1.79. The smallest absolute Gasteiger partial charge is 0.0949 e. The van der Waals surface area contributed by atoms with Crippen molar-refractivity contribution < 1.29 is 9.47 Å². The summed E-state index contributed by atoms with van der Waals surface area (Å²) >= 11 is 0. The molecule has 1 aliphatic carbocycles. The first-order valence-electron chi connectivity index (χ1n) is 6.76. The molecule has 1 aliphatic heterocycles. The highest BCUT2D eigenvalue weighted by molar-refractivity contribution is 5.36. The van der Waals surface area contributed by atoms with Crippen LogP contribution in [0.15, 0.2) is 24.3 Å². The van der Waals surface area contributed by atoms with Crippen LogP contribution in [0, 0.1) is 0 Å². The monoisotopic (exact) mass is 247 g/mol. The number of hydrogen-bond acceptors (Lipinski definition) is 3. The molecule has 2 fully saturated rings. The second kappa shape index (κ2) is 5.00. The van der Waals surface area contributed by atoms with Gasteiger partial charge in [-0.05, 0) is 24.0 Å². The van der Waals surface area contributed by atoms with Gasteiger partial charge in [-0.25, -0.2) is 0 Å². The predicted molar refractivity (Wildman–Crippen MR) is 70.8 cm³/mol. The molecule has 0 aromatic heterocycles. The van der Waals surface area contributed by atoms with E-state index in [0.29, 0.717) is 0 Å². The number of morpholine rings is 1. The minimum Gasteiger partial charge on any atom is -0.384 e. The van der Waals surface area contributed by atoms with Gasteiger partial charge >= 0.3 is 0 Å². The summed E-state index contributed by atoms with van der Waals surface area (Å²) in [5.74, 6) is 0. The van der Waals surface area contributed by atoms with Gasteiger partial charge in [-0.3, -0.25) is 0 Å². The number of hydrogen-bond donors (Lipinski definition) is 1. The van der Waals surface area contributed by atoms with Gasteiger partial charge in [0.15, 0.2) is 0 Å². The van der Waals surface area contributed by atoms with Crippen molar-refractivity contribution in [2.24, 2.45) is 0 Å². The van der Waals surface area contributed by atoms with Crippen molar-refractivity contribution in [1.29, 1.82) is 0 Å². The Balaban J connectivity index is 1.80. The maximum Gasteiger partial charge on any atom is 0.0949 e. The van der Waals surface area contributed by atoms with Crippen LogP contribution < -0.4 is 5.32 Å². The Hall–Kier alpha value is -0.900. The molecule has 1 unspecified atom stereocenters. The molecule has 1 saturated heterocycles. The molecule has 0 radical (unpaired) electrons. The van der Waals surface area contributed by atoms with Gasteiger partial charge in [0.25, 0.3) is 0 Å². The lowest BCUT2D eigenvalue weighted by molar-refractivity contribution is 0.0276. The first-order valence-corrected chi connectivity index (χ1v) is 6.76. The van der Waals surface area contributed by atoms with Gasteiger partial charge in [-0.2, -0.15) is 0 Å². The van der Waals surface area contributed by atoms with E-state index in [1.165, 1.54) is 24.0 Å². The fraction of sp³-hybridized carbons (Fsp3) is 0.600. The van der Waals surface area contributed by atoms with E-state index in [9.17, 15) is 0 Å². The molecule has 1 aromatic carbocycles. The van der Waals surface area contributed by atoms with Crippen LogP contribution in [0.3, 0.4) is 0 Å². The van der Waals surface area contributed by atoms with Gasteiger partial charge in [-0.1, -0.05) is 24.3 Å². The third kappa shape index (κ3) is 2.30. The quantitative estimate of drug-likeness (QED) is 0.883. The summed E-state index contributed by atoms with van der Waals surface area (Å²) in [5, 5.41) is 3.38. The zero-order valence-corrected chi connectivity index (χ0v) is 10.9. The molecule has 2 aliphatic rings. The van der Waals surface area contributed by atoms with Crippen LogP contribution in [0.5, 0.6) is 0 Å². The minimum absolute atomic E-state index is 0.206. The molecule has 1 aromatic rings. The van der Waals surface area contributed by atoms with Crippen LogP contribution in [0.2, 0.25) is 0 Å². The Morgan fingerprint density at radius 1 is 1.44 bits per heavy atom. The Morgan fingerprint density at radius 2 is 2.33 bits per heavy atom. The van der Waals surface area contributed by atoms with Crippen LogP contribution in [-0.4, -0.2) is 33.4 Å². The first-order chi connectivity index (χ1) is 8.84. The molecule has 1 atom stereocenters. The van der Waals surface area contributed by atoms with E-state index in [4.69, 9.17) is 9.47 Å². The Kier molecular flexibility index (Phi) is 3.37. The molecule has 0 bridgehead atoms. The van der Waals surface area contributed by atoms with E-state index in [-0.39, 0.29) is 11.5 Å². The molecule has 0 amide bonds. The van der Waals surface area contributed by atoms with Crippen molar-refractivity contribution in [2.45, 2.75) is 24.4 Å². The number of benzene rings is 1. The average Bonchev–Trinajstić information content (AvgIpc) is 3.21. The lowest BCUT2D eigenvalue weighted by Gasteiger charge is -2.25. The molecule has 3 heteroatoms. The normalized spacial score (nSPS) is 25.9. The maximum absolute atomic E-state index is 5.82. The molecule has 1 N–H and O–H groups in total. The molecular formula is C15H21NO2. The standard InChI is InChI=1S/C15H21NO2/c1-17-11-15(5-6-15)13-4-2-3-12(9-13)14-10-16-7-8-18-14/h2-4,9,14,16H,5-8,10-11H2,1H3. The molecule has 1 saturated carbocycles. The van der Waals surface area contributed by atoms with Crippen LogP contribution >= 0.6 is 0 Å². The van der Waals surface area contributed by atoms with E-state index in [2.05, 4.69) is 29.6 Å². The number of ether oxygens (including phenoxy) is 2. The minimum atomic E-state index is 0.206. The Morgan fingerprint density at radius 3 is 3.00 bits per heavy atom. The van der Waals surface area contributed by atoms with Crippen molar-refractivity contribution >= 4 is 0 Å². The van der Waals surface area contributed by atoms with Gasteiger partial charge in [0.2, 0.25) is 0 Å². The molecular weight excluding hydrogens is 226 g/mol. The fourth-order valence-electron chi connectivity index (χ4n) is 2.79. The second-order valence-corrected chi connectivity index (χ2v) is 5.40. The summed E-state index contributed by atoms with van der Waals surface area (Å²) in [6.45, 7) is 3.52. The fourth-order valence-corrected chi connectivity index (χ4v) is 2.79. The lowest BCUT2D eigenvalue weighted by atomic mass is 9.93. The average molecular weight is 247 g/mol. The van der Waals surface area contributed by atoms with Gasteiger partial charge in [0.1, 0.15) is 0 Å².